The van der Waals surface area contributed by atoms with Crippen LogP contribution < -0.4 is 0 Å². The summed E-state index contributed by atoms with van der Waals surface area (Å²) in [5.41, 5.74) is 2.96. The highest BCUT2D eigenvalue weighted by Crippen LogP contribution is 2.48. The Bertz CT molecular complexity index is 1140. The van der Waals surface area contributed by atoms with Crippen molar-refractivity contribution in [2.45, 2.75) is 31.2 Å². The van der Waals surface area contributed by atoms with Crippen LogP contribution in [0.25, 0.3) is 11.3 Å². The standard InChI is InChI=1S/C23H21N3O3S/c1-13-11-15(22(27)28)6-7-16(13)18-8-9-19(29-18)21-20(17-5-3-4-10-24-17)25-23-26(21)12-14(2)30-23/h3-11,14,20-21H,12H2,1-2H3,(H,27,28)/t14-,20-,21+/m0/s1. The first-order valence-electron chi connectivity index (χ1n) is 9.87. The van der Waals surface area contributed by atoms with Gasteiger partial charge < -0.3 is 14.4 Å². The average Bonchev–Trinajstić information content (AvgIpc) is 3.42. The highest BCUT2D eigenvalue weighted by atomic mass is 32.2. The van der Waals surface area contributed by atoms with Gasteiger partial charge >= 0.3 is 5.97 Å². The molecule has 2 aliphatic rings. The molecule has 2 aliphatic heterocycles. The molecular formula is C23H21N3O3S. The van der Waals surface area contributed by atoms with E-state index in [0.29, 0.717) is 5.25 Å². The number of benzene rings is 1. The third-order valence-electron chi connectivity index (χ3n) is 5.54. The number of rotatable bonds is 4. The Morgan fingerprint density at radius 3 is 2.83 bits per heavy atom. The summed E-state index contributed by atoms with van der Waals surface area (Å²) in [5.74, 6) is 0.641. The van der Waals surface area contributed by atoms with E-state index in [1.807, 2.05) is 43.3 Å². The first-order chi connectivity index (χ1) is 14.5. The lowest BCUT2D eigenvalue weighted by molar-refractivity contribution is 0.0697. The van der Waals surface area contributed by atoms with Crippen LogP contribution in [0.1, 0.15) is 46.4 Å². The van der Waals surface area contributed by atoms with E-state index in [4.69, 9.17) is 9.41 Å². The second-order valence-corrected chi connectivity index (χ2v) is 9.08. The number of hydrogen-bond donors (Lipinski definition) is 1. The summed E-state index contributed by atoms with van der Waals surface area (Å²) < 4.78 is 6.33. The van der Waals surface area contributed by atoms with Gasteiger partial charge in [-0.25, -0.2) is 9.79 Å². The number of aliphatic imine (C=N–C) groups is 1. The quantitative estimate of drug-likeness (QED) is 0.645. The Morgan fingerprint density at radius 2 is 2.10 bits per heavy atom. The molecule has 0 spiro atoms. The molecule has 152 valence electrons. The number of aromatic carboxylic acids is 1. The Morgan fingerprint density at radius 1 is 1.23 bits per heavy atom. The number of aryl methyl sites for hydroxylation is 1. The Balaban J connectivity index is 1.52. The fourth-order valence-electron chi connectivity index (χ4n) is 4.15. The zero-order valence-corrected chi connectivity index (χ0v) is 17.5. The predicted octanol–water partition coefficient (Wildman–Crippen LogP) is 4.94. The maximum absolute atomic E-state index is 11.2. The Kier molecular flexibility index (Phi) is 4.62. The molecule has 0 aliphatic carbocycles. The number of nitrogens with zero attached hydrogens (tertiary/aromatic N) is 3. The van der Waals surface area contributed by atoms with Gasteiger partial charge in [-0.15, -0.1) is 0 Å². The van der Waals surface area contributed by atoms with Gasteiger partial charge in [-0.1, -0.05) is 30.8 Å². The lowest BCUT2D eigenvalue weighted by Gasteiger charge is -2.25. The molecule has 1 N–H and O–H groups in total. The lowest BCUT2D eigenvalue weighted by atomic mass is 10.0. The summed E-state index contributed by atoms with van der Waals surface area (Å²) in [4.78, 5) is 23.1. The van der Waals surface area contributed by atoms with Crippen molar-refractivity contribution in [1.82, 2.24) is 9.88 Å². The molecule has 7 heteroatoms. The molecule has 4 heterocycles. The van der Waals surface area contributed by atoms with Gasteiger partial charge in [0, 0.05) is 23.6 Å². The van der Waals surface area contributed by atoms with Crippen LogP contribution in [0.2, 0.25) is 0 Å². The van der Waals surface area contributed by atoms with Crippen molar-refractivity contribution in [2.24, 2.45) is 4.99 Å². The minimum Gasteiger partial charge on any atom is -0.478 e. The SMILES string of the molecule is Cc1cc(C(=O)O)ccc1-c1ccc([C@@H]2[C@H](c3ccccn3)N=C3S[C@@H](C)CN32)o1. The summed E-state index contributed by atoms with van der Waals surface area (Å²) in [6.07, 6.45) is 1.80. The van der Waals surface area contributed by atoms with E-state index >= 15 is 0 Å². The van der Waals surface area contributed by atoms with Gasteiger partial charge in [0.05, 0.1) is 11.3 Å². The number of furan rings is 1. The number of thioether (sulfide) groups is 1. The molecule has 0 bridgehead atoms. The maximum atomic E-state index is 11.2. The van der Waals surface area contributed by atoms with E-state index in [2.05, 4.69) is 16.8 Å². The topological polar surface area (TPSA) is 78.9 Å². The minimum absolute atomic E-state index is 0.0419. The van der Waals surface area contributed by atoms with Crippen molar-refractivity contribution in [2.75, 3.05) is 6.54 Å². The van der Waals surface area contributed by atoms with E-state index in [1.54, 1.807) is 30.1 Å². The van der Waals surface area contributed by atoms with Crippen molar-refractivity contribution in [3.05, 3.63) is 77.3 Å². The highest BCUT2D eigenvalue weighted by molar-refractivity contribution is 8.14. The van der Waals surface area contributed by atoms with Crippen LogP contribution >= 0.6 is 11.8 Å². The van der Waals surface area contributed by atoms with Crippen molar-refractivity contribution in [3.8, 4) is 11.3 Å². The smallest absolute Gasteiger partial charge is 0.335 e. The average molecular weight is 420 g/mol. The number of carbonyl (C=O) groups is 1. The van der Waals surface area contributed by atoms with Crippen LogP contribution in [0.3, 0.4) is 0 Å². The fourth-order valence-corrected chi connectivity index (χ4v) is 5.25. The van der Waals surface area contributed by atoms with E-state index in [9.17, 15) is 9.90 Å². The van der Waals surface area contributed by atoms with Gasteiger partial charge in [-0.05, 0) is 48.9 Å². The monoisotopic (exact) mass is 419 g/mol. The first-order valence-corrected chi connectivity index (χ1v) is 10.8. The van der Waals surface area contributed by atoms with Crippen LogP contribution in [0.5, 0.6) is 0 Å². The van der Waals surface area contributed by atoms with Crippen molar-refractivity contribution in [3.63, 3.8) is 0 Å². The summed E-state index contributed by atoms with van der Waals surface area (Å²) in [6, 6.07) is 14.8. The van der Waals surface area contributed by atoms with Gasteiger partial charge in [-0.3, -0.25) is 4.98 Å². The number of amidine groups is 1. The van der Waals surface area contributed by atoms with E-state index in [-0.39, 0.29) is 17.6 Å². The number of carboxylic acid groups (broad SMARTS) is 1. The number of hydrogen-bond acceptors (Lipinski definition) is 6. The van der Waals surface area contributed by atoms with Crippen LogP contribution in [0.15, 0.2) is 64.1 Å². The van der Waals surface area contributed by atoms with Gasteiger partial charge in [-0.2, -0.15) is 0 Å². The highest BCUT2D eigenvalue weighted by Gasteiger charge is 2.45. The molecule has 2 aromatic heterocycles. The third kappa shape index (κ3) is 3.19. The number of pyridine rings is 1. The molecule has 0 unspecified atom stereocenters. The van der Waals surface area contributed by atoms with Crippen molar-refractivity contribution >= 4 is 22.9 Å². The van der Waals surface area contributed by atoms with Crippen LogP contribution in [-0.4, -0.2) is 37.9 Å². The maximum Gasteiger partial charge on any atom is 0.335 e. The molecule has 3 atom stereocenters. The van der Waals surface area contributed by atoms with Crippen LogP contribution in [0.4, 0.5) is 0 Å². The molecule has 6 nitrogen and oxygen atoms in total. The fraction of sp³-hybridized carbons (Fsp3) is 0.261. The minimum atomic E-state index is -0.931. The van der Waals surface area contributed by atoms with Crippen LogP contribution in [-0.2, 0) is 0 Å². The zero-order chi connectivity index (χ0) is 20.8. The summed E-state index contributed by atoms with van der Waals surface area (Å²) >= 11 is 1.79. The van der Waals surface area contributed by atoms with Crippen LogP contribution in [0, 0.1) is 6.92 Å². The third-order valence-corrected chi connectivity index (χ3v) is 6.64. The summed E-state index contributed by atoms with van der Waals surface area (Å²) in [5, 5.41) is 10.7. The second-order valence-electron chi connectivity index (χ2n) is 7.67. The normalized spacial score (nSPS) is 22.8. The molecule has 1 saturated heterocycles. The summed E-state index contributed by atoms with van der Waals surface area (Å²) in [7, 11) is 0. The second kappa shape index (κ2) is 7.32. The molecule has 3 aromatic rings. The molecule has 5 rings (SSSR count). The van der Waals surface area contributed by atoms with Gasteiger partial charge in [0.15, 0.2) is 5.17 Å². The molecule has 30 heavy (non-hydrogen) atoms. The molecular weight excluding hydrogens is 398 g/mol. The first kappa shape index (κ1) is 18.9. The Labute approximate surface area is 178 Å². The molecule has 1 fully saturated rings. The largest absolute Gasteiger partial charge is 0.478 e. The lowest BCUT2D eigenvalue weighted by Crippen LogP contribution is -2.28. The van der Waals surface area contributed by atoms with E-state index in [0.717, 1.165) is 40.1 Å². The van der Waals surface area contributed by atoms with Crippen molar-refractivity contribution in [1.29, 1.82) is 0 Å². The van der Waals surface area contributed by atoms with Gasteiger partial charge in [0.2, 0.25) is 0 Å². The van der Waals surface area contributed by atoms with Gasteiger partial charge in [0.25, 0.3) is 0 Å². The number of carboxylic acids is 1. The zero-order valence-electron chi connectivity index (χ0n) is 16.6. The molecule has 1 aromatic carbocycles. The number of fused-ring (bicyclic) bond motifs is 1. The molecule has 0 radical (unpaired) electrons. The molecule has 0 amide bonds. The number of aromatic nitrogens is 1. The van der Waals surface area contributed by atoms with Crippen molar-refractivity contribution < 1.29 is 14.3 Å². The van der Waals surface area contributed by atoms with Gasteiger partial charge in [0.1, 0.15) is 23.6 Å². The summed E-state index contributed by atoms with van der Waals surface area (Å²) in [6.45, 7) is 5.02. The van der Waals surface area contributed by atoms with E-state index < -0.39 is 5.97 Å². The predicted molar refractivity (Wildman–Crippen MR) is 117 cm³/mol. The Hall–Kier alpha value is -3.06. The van der Waals surface area contributed by atoms with E-state index in [1.165, 1.54) is 0 Å². The molecule has 0 saturated carbocycles.